The van der Waals surface area contributed by atoms with E-state index < -0.39 is 0 Å². The van der Waals surface area contributed by atoms with Crippen LogP contribution in [0.4, 0.5) is 0 Å². The van der Waals surface area contributed by atoms with Crippen molar-refractivity contribution < 1.29 is 8.83 Å². The predicted molar refractivity (Wildman–Crippen MR) is 108 cm³/mol. The molecule has 0 saturated carbocycles. The molecule has 4 aromatic carbocycles. The van der Waals surface area contributed by atoms with Gasteiger partial charge in [0.15, 0.2) is 11.2 Å². The molecule has 0 amide bonds. The van der Waals surface area contributed by atoms with Crippen molar-refractivity contribution in [3.8, 4) is 0 Å². The van der Waals surface area contributed by atoms with E-state index in [9.17, 15) is 0 Å². The number of hydrogen-bond donors (Lipinski definition) is 0. The molecule has 0 unspecified atom stereocenters. The third-order valence-corrected chi connectivity index (χ3v) is 5.36. The fourth-order valence-corrected chi connectivity index (χ4v) is 4.18. The highest BCUT2D eigenvalue weighted by Crippen LogP contribution is 2.44. The lowest BCUT2D eigenvalue weighted by molar-refractivity contribution is 0.633. The minimum atomic E-state index is 0.841. The molecular formula is C24H16O2. The quantitative estimate of drug-likeness (QED) is 0.292. The average Bonchev–Trinajstić information content (AvgIpc) is 3.19. The number of aryl methyl sites for hydroxylation is 2. The normalized spacial score (nSPS) is 12.2. The molecule has 0 bridgehead atoms. The van der Waals surface area contributed by atoms with Crippen molar-refractivity contribution in [1.82, 2.24) is 0 Å². The second-order valence-corrected chi connectivity index (χ2v) is 7.16. The maximum atomic E-state index is 6.32. The number of furan rings is 2. The molecule has 0 aliphatic carbocycles. The van der Waals surface area contributed by atoms with Crippen LogP contribution in [-0.4, -0.2) is 0 Å². The fraction of sp³-hybridized carbons (Fsp3) is 0.0833. The number of hydrogen-bond acceptors (Lipinski definition) is 2. The van der Waals surface area contributed by atoms with Gasteiger partial charge in [0, 0.05) is 21.5 Å². The Kier molecular flexibility index (Phi) is 2.51. The molecule has 0 fully saturated rings. The van der Waals surface area contributed by atoms with Gasteiger partial charge in [0.1, 0.15) is 11.2 Å². The van der Waals surface area contributed by atoms with Gasteiger partial charge in [-0.05, 0) is 47.9 Å². The number of rotatable bonds is 0. The molecule has 0 aliphatic rings. The molecule has 6 rings (SSSR count). The summed E-state index contributed by atoms with van der Waals surface area (Å²) in [6.45, 7) is 4.18. The van der Waals surface area contributed by atoms with Crippen LogP contribution in [0.15, 0.2) is 69.5 Å². The Bertz CT molecular complexity index is 1380. The van der Waals surface area contributed by atoms with Crippen LogP contribution in [0.5, 0.6) is 0 Å². The summed E-state index contributed by atoms with van der Waals surface area (Å²) in [6.07, 6.45) is 0. The first kappa shape index (κ1) is 14.0. The zero-order chi connectivity index (χ0) is 17.4. The van der Waals surface area contributed by atoms with E-state index in [1.54, 1.807) is 0 Å². The van der Waals surface area contributed by atoms with Crippen LogP contribution >= 0.6 is 0 Å². The molecule has 2 heteroatoms. The second kappa shape index (κ2) is 4.67. The Balaban J connectivity index is 2.00. The Hall–Kier alpha value is -3.26. The summed E-state index contributed by atoms with van der Waals surface area (Å²) in [5.41, 5.74) is 5.89. The van der Waals surface area contributed by atoms with E-state index in [-0.39, 0.29) is 0 Å². The molecular weight excluding hydrogens is 320 g/mol. The van der Waals surface area contributed by atoms with Crippen LogP contribution in [0, 0.1) is 13.8 Å². The summed E-state index contributed by atoms with van der Waals surface area (Å²) in [5.74, 6) is 0. The Morgan fingerprint density at radius 1 is 0.538 bits per heavy atom. The van der Waals surface area contributed by atoms with Gasteiger partial charge in [-0.3, -0.25) is 0 Å². The zero-order valence-electron chi connectivity index (χ0n) is 14.6. The molecule has 0 saturated heterocycles. The zero-order valence-corrected chi connectivity index (χ0v) is 14.6. The van der Waals surface area contributed by atoms with Gasteiger partial charge in [0.25, 0.3) is 0 Å². The first-order valence-corrected chi connectivity index (χ1v) is 8.87. The number of benzene rings is 4. The summed E-state index contributed by atoms with van der Waals surface area (Å²) in [7, 11) is 0. The van der Waals surface area contributed by atoms with Crippen molar-refractivity contribution >= 4 is 54.6 Å². The van der Waals surface area contributed by atoms with Crippen molar-refractivity contribution in [1.29, 1.82) is 0 Å². The van der Waals surface area contributed by atoms with Crippen molar-refractivity contribution in [2.24, 2.45) is 0 Å². The van der Waals surface area contributed by atoms with Gasteiger partial charge < -0.3 is 8.83 Å². The smallest absolute Gasteiger partial charge is 0.179 e. The molecule has 124 valence electrons. The highest BCUT2D eigenvalue weighted by Gasteiger charge is 2.20. The van der Waals surface area contributed by atoms with Gasteiger partial charge in [-0.15, -0.1) is 0 Å². The maximum Gasteiger partial charge on any atom is 0.179 e. The molecule has 2 nitrogen and oxygen atoms in total. The molecule has 0 aliphatic heterocycles. The molecule has 2 heterocycles. The fourth-order valence-electron chi connectivity index (χ4n) is 4.18. The molecule has 0 atom stereocenters. The van der Waals surface area contributed by atoms with E-state index in [2.05, 4.69) is 74.5 Å². The summed E-state index contributed by atoms with van der Waals surface area (Å²) in [4.78, 5) is 0. The van der Waals surface area contributed by atoms with Gasteiger partial charge in [-0.25, -0.2) is 0 Å². The Morgan fingerprint density at radius 2 is 1.00 bits per heavy atom. The monoisotopic (exact) mass is 336 g/mol. The largest absolute Gasteiger partial charge is 0.452 e. The van der Waals surface area contributed by atoms with Crippen molar-refractivity contribution in [2.75, 3.05) is 0 Å². The lowest BCUT2D eigenvalue weighted by Gasteiger charge is -2.02. The van der Waals surface area contributed by atoms with E-state index in [1.165, 1.54) is 21.9 Å². The summed E-state index contributed by atoms with van der Waals surface area (Å²) < 4.78 is 12.6. The van der Waals surface area contributed by atoms with Crippen LogP contribution in [0.25, 0.3) is 54.6 Å². The molecule has 0 spiro atoms. The van der Waals surface area contributed by atoms with Crippen LogP contribution in [-0.2, 0) is 0 Å². The van der Waals surface area contributed by atoms with Crippen LogP contribution in [0.1, 0.15) is 11.1 Å². The minimum absolute atomic E-state index is 0.841. The van der Waals surface area contributed by atoms with Crippen LogP contribution in [0.3, 0.4) is 0 Å². The predicted octanol–water partition coefficient (Wildman–Crippen LogP) is 7.26. The third-order valence-electron chi connectivity index (χ3n) is 5.36. The Morgan fingerprint density at radius 3 is 1.46 bits per heavy atom. The number of fused-ring (bicyclic) bond motifs is 10. The van der Waals surface area contributed by atoms with Gasteiger partial charge in [0.05, 0.1) is 0 Å². The van der Waals surface area contributed by atoms with Gasteiger partial charge in [-0.1, -0.05) is 48.5 Å². The topological polar surface area (TPSA) is 26.3 Å². The second-order valence-electron chi connectivity index (χ2n) is 7.16. The molecule has 26 heavy (non-hydrogen) atoms. The third kappa shape index (κ3) is 1.66. The van der Waals surface area contributed by atoms with Crippen molar-refractivity contribution in [3.63, 3.8) is 0 Å². The van der Waals surface area contributed by atoms with Crippen molar-refractivity contribution in [3.05, 3.63) is 71.8 Å². The summed E-state index contributed by atoms with van der Waals surface area (Å²) >= 11 is 0. The van der Waals surface area contributed by atoms with E-state index >= 15 is 0 Å². The van der Waals surface area contributed by atoms with E-state index in [0.717, 1.165) is 43.9 Å². The van der Waals surface area contributed by atoms with E-state index in [1.807, 2.05) is 0 Å². The summed E-state index contributed by atoms with van der Waals surface area (Å²) in [6, 6.07) is 21.3. The Labute approximate surface area is 149 Å². The van der Waals surface area contributed by atoms with Crippen molar-refractivity contribution in [2.45, 2.75) is 13.8 Å². The van der Waals surface area contributed by atoms with Crippen LogP contribution in [0.2, 0.25) is 0 Å². The molecule has 6 aromatic rings. The highest BCUT2D eigenvalue weighted by molar-refractivity contribution is 6.33. The highest BCUT2D eigenvalue weighted by atomic mass is 16.4. The average molecular weight is 336 g/mol. The SMILES string of the molecule is Cc1ccc2c(c1)oc1c3oc4cc(C)ccc4c3c3ccccc3c21. The first-order chi connectivity index (χ1) is 12.7. The first-order valence-electron chi connectivity index (χ1n) is 8.87. The molecule has 2 aromatic heterocycles. The van der Waals surface area contributed by atoms with Gasteiger partial charge in [-0.2, -0.15) is 0 Å². The standard InChI is InChI=1S/C24H16O2/c1-13-7-9-17-19(11-13)25-23-21(17)15-5-3-4-6-16(15)22-18-10-8-14(2)12-20(18)26-24(22)23/h3-12H,1-2H3. The maximum absolute atomic E-state index is 6.32. The summed E-state index contributed by atoms with van der Waals surface area (Å²) in [5, 5.41) is 6.97. The molecule has 0 N–H and O–H groups in total. The van der Waals surface area contributed by atoms with Crippen LogP contribution < -0.4 is 0 Å². The molecule has 0 radical (unpaired) electrons. The van der Waals surface area contributed by atoms with Gasteiger partial charge >= 0.3 is 0 Å². The van der Waals surface area contributed by atoms with E-state index in [0.29, 0.717) is 0 Å². The lowest BCUT2D eigenvalue weighted by atomic mass is 9.98. The lowest BCUT2D eigenvalue weighted by Crippen LogP contribution is -1.78. The van der Waals surface area contributed by atoms with Gasteiger partial charge in [0.2, 0.25) is 0 Å². The minimum Gasteiger partial charge on any atom is -0.452 e. The van der Waals surface area contributed by atoms with E-state index in [4.69, 9.17) is 8.83 Å².